The van der Waals surface area contributed by atoms with Gasteiger partial charge in [0.05, 0.1) is 41.9 Å². The van der Waals surface area contributed by atoms with Crippen molar-refractivity contribution in [2.75, 3.05) is 39.3 Å². The molecule has 0 bridgehead atoms. The van der Waals surface area contributed by atoms with E-state index in [1.165, 1.54) is 0 Å². The first-order valence-electron chi connectivity index (χ1n) is 9.65. The molecule has 4 rings (SSSR count). The van der Waals surface area contributed by atoms with Gasteiger partial charge in [0, 0.05) is 26.2 Å². The summed E-state index contributed by atoms with van der Waals surface area (Å²) in [5.74, 6) is -0.403. The van der Waals surface area contributed by atoms with E-state index in [1.54, 1.807) is 0 Å². The van der Waals surface area contributed by atoms with Gasteiger partial charge < -0.3 is 26.4 Å². The van der Waals surface area contributed by atoms with Gasteiger partial charge >= 0.3 is 0 Å². The number of hydrogen-bond donors (Lipinski definition) is 6. The van der Waals surface area contributed by atoms with Crippen molar-refractivity contribution < 1.29 is 9.53 Å². The Morgan fingerprint density at radius 1 is 1.19 bits per heavy atom. The average molecular weight is 388 g/mol. The summed E-state index contributed by atoms with van der Waals surface area (Å²) in [6, 6.07) is -0.0394. The van der Waals surface area contributed by atoms with E-state index in [4.69, 9.17) is 22.1 Å². The largest absolute Gasteiger partial charge is 0.371 e. The van der Waals surface area contributed by atoms with E-state index < -0.39 is 6.17 Å². The third kappa shape index (κ3) is 4.00. The smallest absolute Gasteiger partial charge is 0.229 e. The number of nitrogens with zero attached hydrogens (tertiary/aromatic N) is 1. The number of piperidine rings is 1. The number of ether oxygens (including phenoxy) is 1. The first kappa shape index (κ1) is 18.8. The maximum Gasteiger partial charge on any atom is 0.229 e. The van der Waals surface area contributed by atoms with Gasteiger partial charge in [-0.05, 0) is 25.9 Å². The number of hydrazine groups is 1. The van der Waals surface area contributed by atoms with Gasteiger partial charge in [0.2, 0.25) is 5.91 Å². The molecule has 6 unspecified atom stereocenters. The third-order valence-corrected chi connectivity index (χ3v) is 6.04. The topological polar surface area (TPSA) is 116 Å². The lowest BCUT2D eigenvalue weighted by molar-refractivity contribution is -0.129. The van der Waals surface area contributed by atoms with E-state index in [0.717, 1.165) is 39.0 Å². The van der Waals surface area contributed by atoms with Crippen molar-refractivity contribution in [2.45, 2.75) is 48.8 Å². The van der Waals surface area contributed by atoms with Gasteiger partial charge in [-0.15, -0.1) is 11.6 Å². The predicted molar refractivity (Wildman–Crippen MR) is 98.3 cm³/mol. The Morgan fingerprint density at radius 3 is 2.81 bits per heavy atom. The monoisotopic (exact) mass is 387 g/mol. The standard InChI is InChI=1S/C16H30ClN7O2/c17-9-5-21-15-13(14(18)23-24(15)8-9)16(25)22-11-7-20-4-2-12(11)26-10-1-3-19-6-10/h9-15,19-21,23H,1-8,18H2,(H,22,25)/t9?,10-,11?,12?,13?,14?,15?/m1/s1. The van der Waals surface area contributed by atoms with Crippen LogP contribution in [0.1, 0.15) is 12.8 Å². The summed E-state index contributed by atoms with van der Waals surface area (Å²) in [6.07, 6.45) is 1.66. The van der Waals surface area contributed by atoms with Crippen LogP contribution < -0.4 is 32.4 Å². The number of alkyl halides is 1. The van der Waals surface area contributed by atoms with Crippen molar-refractivity contribution >= 4 is 17.5 Å². The summed E-state index contributed by atoms with van der Waals surface area (Å²) in [6.45, 7) is 4.87. The lowest BCUT2D eigenvalue weighted by Gasteiger charge is -2.37. The Morgan fingerprint density at radius 2 is 2.00 bits per heavy atom. The van der Waals surface area contributed by atoms with Crippen LogP contribution in [0.4, 0.5) is 0 Å². The molecule has 0 saturated carbocycles. The molecule has 4 heterocycles. The zero-order valence-corrected chi connectivity index (χ0v) is 15.7. The van der Waals surface area contributed by atoms with Crippen molar-refractivity contribution in [3.63, 3.8) is 0 Å². The van der Waals surface area contributed by atoms with Crippen LogP contribution in [0.2, 0.25) is 0 Å². The molecule has 0 aromatic rings. The molecular weight excluding hydrogens is 358 g/mol. The molecule has 0 aromatic heterocycles. The van der Waals surface area contributed by atoms with E-state index in [9.17, 15) is 4.79 Å². The zero-order valence-electron chi connectivity index (χ0n) is 14.9. The summed E-state index contributed by atoms with van der Waals surface area (Å²) in [5.41, 5.74) is 9.38. The summed E-state index contributed by atoms with van der Waals surface area (Å²) in [5, 5.41) is 15.2. The number of carbonyl (C=O) groups excluding carboxylic acids is 1. The molecule has 26 heavy (non-hydrogen) atoms. The highest BCUT2D eigenvalue weighted by molar-refractivity contribution is 6.21. The lowest BCUT2D eigenvalue weighted by Crippen LogP contribution is -2.61. The molecule has 4 aliphatic rings. The number of hydrogen-bond acceptors (Lipinski definition) is 8. The second kappa shape index (κ2) is 8.24. The van der Waals surface area contributed by atoms with Gasteiger partial charge in [-0.3, -0.25) is 10.1 Å². The Bertz CT molecular complexity index is 507. The number of carbonyl (C=O) groups is 1. The Balaban J connectivity index is 1.37. The molecule has 0 spiro atoms. The van der Waals surface area contributed by atoms with Gasteiger partial charge in [0.25, 0.3) is 0 Å². The molecule has 4 saturated heterocycles. The van der Waals surface area contributed by atoms with Gasteiger partial charge in [0.1, 0.15) is 0 Å². The van der Waals surface area contributed by atoms with Gasteiger partial charge in [-0.1, -0.05) is 0 Å². The van der Waals surface area contributed by atoms with Gasteiger partial charge in [-0.25, -0.2) is 10.4 Å². The van der Waals surface area contributed by atoms with Crippen molar-refractivity contribution in [2.24, 2.45) is 11.7 Å². The van der Waals surface area contributed by atoms with Crippen molar-refractivity contribution in [3.8, 4) is 0 Å². The van der Waals surface area contributed by atoms with Crippen LogP contribution in [0.5, 0.6) is 0 Å². The Labute approximate surface area is 159 Å². The summed E-state index contributed by atoms with van der Waals surface area (Å²) in [4.78, 5) is 13.0. The van der Waals surface area contributed by atoms with Crippen LogP contribution in [-0.4, -0.2) is 86.1 Å². The number of rotatable bonds is 4. The number of halogens is 1. The number of nitrogens with one attached hydrogen (secondary N) is 5. The molecule has 10 heteroatoms. The minimum atomic E-state index is -0.426. The average Bonchev–Trinajstić information content (AvgIpc) is 3.23. The molecule has 7 atom stereocenters. The molecule has 0 aromatic carbocycles. The normalized spacial score (nSPS) is 44.0. The van der Waals surface area contributed by atoms with Crippen LogP contribution in [0.25, 0.3) is 0 Å². The quantitative estimate of drug-likeness (QED) is 0.293. The lowest BCUT2D eigenvalue weighted by atomic mass is 9.98. The highest BCUT2D eigenvalue weighted by atomic mass is 35.5. The molecule has 1 amide bonds. The summed E-state index contributed by atoms with van der Waals surface area (Å²) < 4.78 is 6.27. The SMILES string of the molecule is NC1NN2CC(Cl)CNC2C1C(=O)NC1CNCCC1O[C@@H]1CCNC1. The third-order valence-electron chi connectivity index (χ3n) is 5.75. The van der Waals surface area contributed by atoms with Crippen LogP contribution in [0.3, 0.4) is 0 Å². The fourth-order valence-corrected chi connectivity index (χ4v) is 4.63. The van der Waals surface area contributed by atoms with E-state index in [-0.39, 0.29) is 41.6 Å². The highest BCUT2D eigenvalue weighted by Crippen LogP contribution is 2.23. The van der Waals surface area contributed by atoms with Gasteiger partial charge in [-0.2, -0.15) is 0 Å². The van der Waals surface area contributed by atoms with E-state index in [2.05, 4.69) is 26.7 Å². The molecule has 7 N–H and O–H groups in total. The minimum Gasteiger partial charge on any atom is -0.371 e. The van der Waals surface area contributed by atoms with E-state index in [0.29, 0.717) is 13.1 Å². The fourth-order valence-electron chi connectivity index (χ4n) is 4.39. The fraction of sp³-hybridized carbons (Fsp3) is 0.938. The highest BCUT2D eigenvalue weighted by Gasteiger charge is 2.47. The molecule has 9 nitrogen and oxygen atoms in total. The van der Waals surface area contributed by atoms with Crippen LogP contribution >= 0.6 is 11.6 Å². The van der Waals surface area contributed by atoms with Crippen molar-refractivity contribution in [3.05, 3.63) is 0 Å². The zero-order chi connectivity index (χ0) is 18.1. The second-order valence-electron chi connectivity index (χ2n) is 7.68. The second-order valence-corrected chi connectivity index (χ2v) is 8.30. The van der Waals surface area contributed by atoms with Crippen molar-refractivity contribution in [1.82, 2.24) is 31.7 Å². The van der Waals surface area contributed by atoms with E-state index >= 15 is 0 Å². The van der Waals surface area contributed by atoms with E-state index in [1.807, 2.05) is 5.01 Å². The first-order chi connectivity index (χ1) is 12.6. The predicted octanol–water partition coefficient (Wildman–Crippen LogP) is -2.53. The van der Waals surface area contributed by atoms with Crippen LogP contribution in [0.15, 0.2) is 0 Å². The van der Waals surface area contributed by atoms with Crippen LogP contribution in [-0.2, 0) is 9.53 Å². The molecule has 148 valence electrons. The van der Waals surface area contributed by atoms with Crippen molar-refractivity contribution in [1.29, 1.82) is 0 Å². The first-order valence-corrected chi connectivity index (χ1v) is 10.1. The molecule has 0 radical (unpaired) electrons. The maximum absolute atomic E-state index is 13.0. The Kier molecular flexibility index (Phi) is 5.96. The van der Waals surface area contributed by atoms with Gasteiger partial charge in [0.15, 0.2) is 0 Å². The van der Waals surface area contributed by atoms with Crippen LogP contribution in [0, 0.1) is 5.92 Å². The number of amides is 1. The number of nitrogens with two attached hydrogens (primary N) is 1. The summed E-state index contributed by atoms with van der Waals surface area (Å²) in [7, 11) is 0. The number of fused-ring (bicyclic) bond motifs is 1. The minimum absolute atomic E-state index is 0.00751. The molecule has 0 aliphatic carbocycles. The maximum atomic E-state index is 13.0. The molecule has 4 fully saturated rings. The Hall–Kier alpha value is -0.520. The summed E-state index contributed by atoms with van der Waals surface area (Å²) >= 11 is 6.20. The molecular formula is C16H30ClN7O2. The molecule has 4 aliphatic heterocycles.